The summed E-state index contributed by atoms with van der Waals surface area (Å²) in [6.45, 7) is 2.62. The molecule has 8 heteroatoms. The number of aryl methyl sites for hydroxylation is 1. The van der Waals surface area contributed by atoms with E-state index in [1.165, 1.54) is 6.07 Å². The summed E-state index contributed by atoms with van der Waals surface area (Å²) in [5.41, 5.74) is 2.60. The van der Waals surface area contributed by atoms with Gasteiger partial charge in [-0.1, -0.05) is 23.8 Å². The summed E-state index contributed by atoms with van der Waals surface area (Å²) in [6.07, 6.45) is 0. The zero-order valence-electron chi connectivity index (χ0n) is 13.6. The van der Waals surface area contributed by atoms with E-state index in [9.17, 15) is 14.9 Å². The van der Waals surface area contributed by atoms with E-state index >= 15 is 0 Å². The van der Waals surface area contributed by atoms with Crippen molar-refractivity contribution in [1.29, 1.82) is 0 Å². The number of nitro groups is 1. The van der Waals surface area contributed by atoms with Gasteiger partial charge in [-0.05, 0) is 25.1 Å². The number of hydrogen-bond donors (Lipinski definition) is 3. The molecular weight excluding hydrogens is 322 g/mol. The maximum atomic E-state index is 12.3. The number of carbonyl (C=O) groups excluding carboxylic acids is 1. The van der Waals surface area contributed by atoms with Crippen molar-refractivity contribution in [1.82, 2.24) is 15.5 Å². The zero-order chi connectivity index (χ0) is 17.8. The Morgan fingerprint density at radius 1 is 1.24 bits per heavy atom. The molecule has 1 aromatic heterocycles. The number of nitrogens with one attached hydrogen (secondary N) is 3. The van der Waals surface area contributed by atoms with Gasteiger partial charge in [0.2, 0.25) is 0 Å². The van der Waals surface area contributed by atoms with Crippen LogP contribution in [0.4, 0.5) is 11.4 Å². The van der Waals surface area contributed by atoms with Gasteiger partial charge < -0.3 is 10.6 Å². The summed E-state index contributed by atoms with van der Waals surface area (Å²) in [4.78, 5) is 22.8. The highest BCUT2D eigenvalue weighted by Crippen LogP contribution is 2.22. The molecule has 25 heavy (non-hydrogen) atoms. The number of para-hydroxylation sites is 2. The molecule has 1 amide bonds. The number of aromatic nitrogens is 2. The minimum Gasteiger partial charge on any atom is -0.378 e. The number of amides is 1. The molecule has 0 unspecified atom stereocenters. The number of anilines is 1. The van der Waals surface area contributed by atoms with Crippen molar-refractivity contribution in [2.75, 3.05) is 18.4 Å². The van der Waals surface area contributed by atoms with Gasteiger partial charge in [0.15, 0.2) is 5.69 Å². The number of hydrogen-bond acceptors (Lipinski definition) is 5. The third kappa shape index (κ3) is 3.57. The molecule has 3 rings (SSSR count). The molecule has 0 radical (unpaired) electrons. The molecule has 128 valence electrons. The van der Waals surface area contributed by atoms with Crippen LogP contribution in [-0.2, 0) is 0 Å². The molecule has 0 saturated carbocycles. The van der Waals surface area contributed by atoms with Gasteiger partial charge in [0, 0.05) is 24.5 Å². The van der Waals surface area contributed by atoms with Crippen molar-refractivity contribution in [3.63, 3.8) is 0 Å². The zero-order valence-corrected chi connectivity index (χ0v) is 13.6. The first-order valence-electron chi connectivity index (χ1n) is 7.76. The molecule has 3 N–H and O–H groups in total. The molecule has 0 fully saturated rings. The Bertz CT molecular complexity index is 935. The van der Waals surface area contributed by atoms with Gasteiger partial charge in [-0.3, -0.25) is 20.0 Å². The average molecular weight is 339 g/mol. The van der Waals surface area contributed by atoms with E-state index < -0.39 is 4.92 Å². The van der Waals surface area contributed by atoms with Crippen molar-refractivity contribution in [2.45, 2.75) is 6.92 Å². The molecule has 0 bridgehead atoms. The lowest BCUT2D eigenvalue weighted by molar-refractivity contribution is -0.384. The van der Waals surface area contributed by atoms with Gasteiger partial charge in [-0.25, -0.2) is 0 Å². The van der Waals surface area contributed by atoms with Crippen molar-refractivity contribution in [2.24, 2.45) is 0 Å². The number of fused-ring (bicyclic) bond motifs is 1. The van der Waals surface area contributed by atoms with E-state index in [0.717, 1.165) is 16.5 Å². The number of nitrogens with zero attached hydrogens (tertiary/aromatic N) is 2. The predicted molar refractivity (Wildman–Crippen MR) is 94.8 cm³/mol. The Labute approximate surface area is 143 Å². The van der Waals surface area contributed by atoms with Crippen LogP contribution >= 0.6 is 0 Å². The van der Waals surface area contributed by atoms with Crippen LogP contribution in [0.1, 0.15) is 16.1 Å². The number of H-pyrrole nitrogens is 1. The average Bonchev–Trinajstić information content (AvgIpc) is 3.01. The second-order valence-corrected chi connectivity index (χ2v) is 5.58. The lowest BCUT2D eigenvalue weighted by atomic mass is 10.1. The molecule has 0 saturated heterocycles. The Morgan fingerprint density at radius 3 is 2.84 bits per heavy atom. The summed E-state index contributed by atoms with van der Waals surface area (Å²) in [6, 6.07) is 12.1. The molecule has 0 aliphatic rings. The molecule has 8 nitrogen and oxygen atoms in total. The summed E-state index contributed by atoms with van der Waals surface area (Å²) >= 11 is 0. The lowest BCUT2D eigenvalue weighted by Gasteiger charge is -2.07. The van der Waals surface area contributed by atoms with Crippen molar-refractivity contribution in [3.05, 3.63) is 63.8 Å². The minimum atomic E-state index is -0.445. The second-order valence-electron chi connectivity index (χ2n) is 5.58. The Morgan fingerprint density at radius 2 is 2.04 bits per heavy atom. The van der Waals surface area contributed by atoms with E-state index in [4.69, 9.17) is 0 Å². The second kappa shape index (κ2) is 7.00. The molecular formula is C17H17N5O3. The quantitative estimate of drug-likeness (QED) is 0.363. The predicted octanol–water partition coefficient (Wildman–Crippen LogP) is 2.62. The maximum Gasteiger partial charge on any atom is 0.292 e. The van der Waals surface area contributed by atoms with Crippen LogP contribution in [0.25, 0.3) is 10.9 Å². The van der Waals surface area contributed by atoms with Gasteiger partial charge in [0.05, 0.1) is 10.4 Å². The van der Waals surface area contributed by atoms with Crippen molar-refractivity contribution >= 4 is 28.2 Å². The molecule has 0 spiro atoms. The van der Waals surface area contributed by atoms with E-state index in [1.54, 1.807) is 18.2 Å². The topological polar surface area (TPSA) is 113 Å². The van der Waals surface area contributed by atoms with Crippen LogP contribution in [-0.4, -0.2) is 34.1 Å². The summed E-state index contributed by atoms with van der Waals surface area (Å²) < 4.78 is 0. The smallest absolute Gasteiger partial charge is 0.292 e. The highest BCUT2D eigenvalue weighted by Gasteiger charge is 2.14. The van der Waals surface area contributed by atoms with Crippen LogP contribution in [0.3, 0.4) is 0 Å². The molecule has 3 aromatic rings. The third-order valence-electron chi connectivity index (χ3n) is 3.76. The van der Waals surface area contributed by atoms with Crippen LogP contribution in [0.2, 0.25) is 0 Å². The number of nitro benzene ring substituents is 1. The normalized spacial score (nSPS) is 10.6. The fourth-order valence-corrected chi connectivity index (χ4v) is 2.54. The number of benzene rings is 2. The van der Waals surface area contributed by atoms with Gasteiger partial charge in [-0.15, -0.1) is 0 Å². The van der Waals surface area contributed by atoms with Gasteiger partial charge in [-0.2, -0.15) is 5.10 Å². The first kappa shape index (κ1) is 16.4. The molecule has 2 aromatic carbocycles. The van der Waals surface area contributed by atoms with Crippen LogP contribution in [0.5, 0.6) is 0 Å². The van der Waals surface area contributed by atoms with E-state index in [0.29, 0.717) is 24.5 Å². The first-order chi connectivity index (χ1) is 12.1. The summed E-state index contributed by atoms with van der Waals surface area (Å²) in [7, 11) is 0. The van der Waals surface area contributed by atoms with Gasteiger partial charge in [0.25, 0.3) is 11.6 Å². The fourth-order valence-electron chi connectivity index (χ4n) is 2.54. The number of aromatic amines is 1. The Balaban J connectivity index is 1.60. The van der Waals surface area contributed by atoms with E-state index in [-0.39, 0.29) is 11.6 Å². The largest absolute Gasteiger partial charge is 0.378 e. The van der Waals surface area contributed by atoms with E-state index in [2.05, 4.69) is 20.8 Å². The van der Waals surface area contributed by atoms with Crippen LogP contribution < -0.4 is 10.6 Å². The van der Waals surface area contributed by atoms with Crippen LogP contribution in [0.15, 0.2) is 42.5 Å². The first-order valence-corrected chi connectivity index (χ1v) is 7.76. The lowest BCUT2D eigenvalue weighted by Crippen LogP contribution is -2.29. The standard InChI is InChI=1S/C17H17N5O3/c1-11-6-7-13-12(10-11)16(21-20-13)17(23)19-9-8-18-14-4-2-3-5-15(14)22(24)25/h2-7,10,18H,8-9H2,1H3,(H,19,23)(H,20,21). The fraction of sp³-hybridized carbons (Fsp3) is 0.176. The monoisotopic (exact) mass is 339 g/mol. The Kier molecular flexibility index (Phi) is 4.60. The number of rotatable bonds is 6. The molecule has 0 aliphatic heterocycles. The molecule has 1 heterocycles. The van der Waals surface area contributed by atoms with Crippen molar-refractivity contribution in [3.8, 4) is 0 Å². The number of carbonyl (C=O) groups is 1. The minimum absolute atomic E-state index is 0.00240. The van der Waals surface area contributed by atoms with E-state index in [1.807, 2.05) is 25.1 Å². The Hall–Kier alpha value is -3.42. The summed E-state index contributed by atoms with van der Waals surface area (Å²) in [5, 5.41) is 24.3. The van der Waals surface area contributed by atoms with Gasteiger partial charge >= 0.3 is 0 Å². The SMILES string of the molecule is Cc1ccc2[nH]nc(C(=O)NCCNc3ccccc3[N+](=O)[O-])c2c1. The highest BCUT2D eigenvalue weighted by molar-refractivity contribution is 6.04. The maximum absolute atomic E-state index is 12.3. The van der Waals surface area contributed by atoms with Gasteiger partial charge in [0.1, 0.15) is 5.69 Å². The summed E-state index contributed by atoms with van der Waals surface area (Å²) in [5.74, 6) is -0.291. The molecule has 0 atom stereocenters. The van der Waals surface area contributed by atoms with Crippen molar-refractivity contribution < 1.29 is 9.72 Å². The van der Waals surface area contributed by atoms with Crippen LogP contribution in [0, 0.1) is 17.0 Å². The third-order valence-corrected chi connectivity index (χ3v) is 3.76. The highest BCUT2D eigenvalue weighted by atomic mass is 16.6. The molecule has 0 aliphatic carbocycles.